The lowest BCUT2D eigenvalue weighted by Gasteiger charge is -2.16. The summed E-state index contributed by atoms with van der Waals surface area (Å²) < 4.78 is 0.892. The molecular weight excluding hydrogens is 306 g/mol. The molecule has 2 N–H and O–H groups in total. The predicted octanol–water partition coefficient (Wildman–Crippen LogP) is 2.49. The van der Waals surface area contributed by atoms with Crippen LogP contribution in [0.25, 0.3) is 0 Å². The summed E-state index contributed by atoms with van der Waals surface area (Å²) in [6.07, 6.45) is 2.25. The molecule has 0 saturated heterocycles. The van der Waals surface area contributed by atoms with E-state index in [1.807, 2.05) is 0 Å². The molecule has 2 atom stereocenters. The molecule has 4 nitrogen and oxygen atoms in total. The van der Waals surface area contributed by atoms with Crippen molar-refractivity contribution >= 4 is 39.1 Å². The third kappa shape index (κ3) is 2.87. The number of thiophene rings is 1. The zero-order valence-electron chi connectivity index (χ0n) is 8.98. The first kappa shape index (κ1) is 12.6. The lowest BCUT2D eigenvalue weighted by atomic mass is 10.0. The van der Waals surface area contributed by atoms with Gasteiger partial charge >= 0.3 is 5.97 Å². The fourth-order valence-corrected chi connectivity index (χ4v) is 3.25. The van der Waals surface area contributed by atoms with E-state index in [2.05, 4.69) is 21.2 Å². The van der Waals surface area contributed by atoms with Crippen LogP contribution in [-0.4, -0.2) is 23.0 Å². The summed E-state index contributed by atoms with van der Waals surface area (Å²) in [5.74, 6) is -1.45. The van der Waals surface area contributed by atoms with E-state index in [0.29, 0.717) is 12.0 Å². The van der Waals surface area contributed by atoms with Gasteiger partial charge in [0.2, 0.25) is 0 Å². The summed E-state index contributed by atoms with van der Waals surface area (Å²) >= 11 is 4.73. The predicted molar refractivity (Wildman–Crippen MR) is 68.3 cm³/mol. The third-order valence-corrected chi connectivity index (χ3v) is 4.48. The average Bonchev–Trinajstić information content (AvgIpc) is 2.86. The van der Waals surface area contributed by atoms with Gasteiger partial charge in [-0.15, -0.1) is 11.3 Å². The topological polar surface area (TPSA) is 66.4 Å². The number of aliphatic carboxylic acids is 1. The Morgan fingerprint density at radius 2 is 2.24 bits per heavy atom. The maximum Gasteiger partial charge on any atom is 0.308 e. The number of halogens is 1. The van der Waals surface area contributed by atoms with Crippen molar-refractivity contribution in [1.29, 1.82) is 0 Å². The number of hydrogen-bond donors (Lipinski definition) is 2. The zero-order chi connectivity index (χ0) is 12.4. The number of carboxylic acid groups (broad SMARTS) is 1. The minimum atomic E-state index is -0.820. The minimum Gasteiger partial charge on any atom is -0.481 e. The summed E-state index contributed by atoms with van der Waals surface area (Å²) in [6.45, 7) is 0. The second kappa shape index (κ2) is 5.18. The number of hydrogen-bond acceptors (Lipinski definition) is 3. The van der Waals surface area contributed by atoms with Gasteiger partial charge in [-0.2, -0.15) is 0 Å². The van der Waals surface area contributed by atoms with Crippen LogP contribution in [0.4, 0.5) is 0 Å². The second-order valence-electron chi connectivity index (χ2n) is 4.10. The number of rotatable bonds is 3. The van der Waals surface area contributed by atoms with Gasteiger partial charge in [0.1, 0.15) is 0 Å². The summed E-state index contributed by atoms with van der Waals surface area (Å²) in [5.41, 5.74) is 0.581. The highest BCUT2D eigenvalue weighted by Crippen LogP contribution is 2.27. The zero-order valence-corrected chi connectivity index (χ0v) is 11.4. The van der Waals surface area contributed by atoms with Gasteiger partial charge < -0.3 is 10.4 Å². The Kier molecular flexibility index (Phi) is 3.83. The molecule has 0 aromatic carbocycles. The maximum atomic E-state index is 11.9. The fourth-order valence-electron chi connectivity index (χ4n) is 2.11. The van der Waals surface area contributed by atoms with Crippen molar-refractivity contribution in [2.45, 2.75) is 25.3 Å². The largest absolute Gasteiger partial charge is 0.481 e. The Morgan fingerprint density at radius 3 is 2.82 bits per heavy atom. The SMILES string of the molecule is O=C(NC1CCCC1C(=O)O)c1csc(Br)c1. The van der Waals surface area contributed by atoms with E-state index in [-0.39, 0.29) is 11.9 Å². The van der Waals surface area contributed by atoms with Gasteiger partial charge in [0.25, 0.3) is 5.91 Å². The van der Waals surface area contributed by atoms with Crippen LogP contribution < -0.4 is 5.32 Å². The number of nitrogens with one attached hydrogen (secondary N) is 1. The van der Waals surface area contributed by atoms with Gasteiger partial charge in [0.05, 0.1) is 15.3 Å². The van der Waals surface area contributed by atoms with Crippen LogP contribution in [0.3, 0.4) is 0 Å². The van der Waals surface area contributed by atoms with E-state index in [4.69, 9.17) is 5.11 Å². The molecule has 1 aromatic rings. The molecule has 1 fully saturated rings. The van der Waals surface area contributed by atoms with Crippen molar-refractivity contribution in [3.05, 3.63) is 20.8 Å². The average molecular weight is 318 g/mol. The monoisotopic (exact) mass is 317 g/mol. The minimum absolute atomic E-state index is 0.190. The van der Waals surface area contributed by atoms with Gasteiger partial charge in [-0.05, 0) is 34.8 Å². The number of carbonyl (C=O) groups is 2. The van der Waals surface area contributed by atoms with Crippen LogP contribution in [0.15, 0.2) is 15.2 Å². The summed E-state index contributed by atoms with van der Waals surface area (Å²) in [7, 11) is 0. The van der Waals surface area contributed by atoms with Crippen LogP contribution in [0.2, 0.25) is 0 Å². The Hall–Kier alpha value is -0.880. The van der Waals surface area contributed by atoms with E-state index in [1.165, 1.54) is 11.3 Å². The van der Waals surface area contributed by atoms with Crippen molar-refractivity contribution < 1.29 is 14.7 Å². The van der Waals surface area contributed by atoms with E-state index >= 15 is 0 Å². The van der Waals surface area contributed by atoms with Crippen LogP contribution in [0.5, 0.6) is 0 Å². The first-order chi connectivity index (χ1) is 8.08. The molecule has 1 amide bonds. The normalized spacial score (nSPS) is 23.6. The Labute approximate surface area is 111 Å². The van der Waals surface area contributed by atoms with Crippen molar-refractivity contribution in [3.63, 3.8) is 0 Å². The smallest absolute Gasteiger partial charge is 0.308 e. The van der Waals surface area contributed by atoms with Gasteiger partial charge in [-0.1, -0.05) is 6.42 Å². The second-order valence-corrected chi connectivity index (χ2v) is 6.39. The molecule has 0 spiro atoms. The Morgan fingerprint density at radius 1 is 1.47 bits per heavy atom. The molecule has 0 aliphatic heterocycles. The van der Waals surface area contributed by atoms with Crippen LogP contribution in [-0.2, 0) is 4.79 Å². The van der Waals surface area contributed by atoms with Gasteiger partial charge in [-0.3, -0.25) is 9.59 Å². The molecule has 2 unspecified atom stereocenters. The molecule has 6 heteroatoms. The maximum absolute atomic E-state index is 11.9. The number of carbonyl (C=O) groups excluding carboxylic acids is 1. The molecule has 1 aromatic heterocycles. The van der Waals surface area contributed by atoms with Gasteiger partial charge in [-0.25, -0.2) is 0 Å². The third-order valence-electron chi connectivity index (χ3n) is 2.98. The van der Waals surface area contributed by atoms with E-state index < -0.39 is 11.9 Å². The highest BCUT2D eigenvalue weighted by atomic mass is 79.9. The van der Waals surface area contributed by atoms with Crippen LogP contribution in [0.1, 0.15) is 29.6 Å². The molecule has 0 radical (unpaired) electrons. The quantitative estimate of drug-likeness (QED) is 0.900. The molecule has 1 aliphatic carbocycles. The molecule has 2 rings (SSSR count). The Balaban J connectivity index is 2.01. The van der Waals surface area contributed by atoms with Gasteiger partial charge in [0.15, 0.2) is 0 Å². The van der Waals surface area contributed by atoms with E-state index in [0.717, 1.165) is 16.6 Å². The van der Waals surface area contributed by atoms with Crippen molar-refractivity contribution in [2.24, 2.45) is 5.92 Å². The first-order valence-electron chi connectivity index (χ1n) is 5.35. The lowest BCUT2D eigenvalue weighted by Crippen LogP contribution is -2.40. The van der Waals surface area contributed by atoms with Gasteiger partial charge in [0, 0.05) is 11.4 Å². The molecule has 0 bridgehead atoms. The molecule has 92 valence electrons. The summed E-state index contributed by atoms with van der Waals surface area (Å²) in [5, 5.41) is 13.6. The number of amides is 1. The molecule has 1 aliphatic rings. The van der Waals surface area contributed by atoms with E-state index in [9.17, 15) is 9.59 Å². The molecule has 17 heavy (non-hydrogen) atoms. The lowest BCUT2D eigenvalue weighted by molar-refractivity contribution is -0.142. The fraction of sp³-hybridized carbons (Fsp3) is 0.455. The van der Waals surface area contributed by atoms with E-state index in [1.54, 1.807) is 11.4 Å². The standard InChI is InChI=1S/C11H12BrNO3S/c12-9-4-6(5-17-9)10(14)13-8-3-1-2-7(8)11(15)16/h4-5,7-8H,1-3H2,(H,13,14)(H,15,16). The molecule has 1 saturated carbocycles. The highest BCUT2D eigenvalue weighted by Gasteiger charge is 2.34. The molecular formula is C11H12BrNO3S. The first-order valence-corrected chi connectivity index (χ1v) is 7.03. The summed E-state index contributed by atoms with van der Waals surface area (Å²) in [4.78, 5) is 22.8. The Bertz CT molecular complexity index is 446. The summed E-state index contributed by atoms with van der Waals surface area (Å²) in [6, 6.07) is 1.50. The molecule has 1 heterocycles. The van der Waals surface area contributed by atoms with Crippen LogP contribution >= 0.6 is 27.3 Å². The van der Waals surface area contributed by atoms with Crippen molar-refractivity contribution in [3.8, 4) is 0 Å². The van der Waals surface area contributed by atoms with Crippen LogP contribution in [0, 0.1) is 5.92 Å². The highest BCUT2D eigenvalue weighted by molar-refractivity contribution is 9.11. The van der Waals surface area contributed by atoms with Crippen molar-refractivity contribution in [1.82, 2.24) is 5.32 Å². The van der Waals surface area contributed by atoms with Crippen molar-refractivity contribution in [2.75, 3.05) is 0 Å². The number of carboxylic acids is 1.